The van der Waals surface area contributed by atoms with Gasteiger partial charge in [-0.1, -0.05) is 54.6 Å². The second-order valence-corrected chi connectivity index (χ2v) is 9.85. The predicted octanol–water partition coefficient (Wildman–Crippen LogP) is 4.27. The molecule has 0 bridgehead atoms. The molecule has 5 rings (SSSR count). The number of carbonyl (C=O) groups excluding carboxylic acids is 3. The van der Waals surface area contributed by atoms with Crippen LogP contribution in [0, 0.1) is 17.0 Å². The maximum atomic E-state index is 13.3. The minimum absolute atomic E-state index is 0.104. The highest BCUT2D eigenvalue weighted by Crippen LogP contribution is 2.35. The van der Waals surface area contributed by atoms with Gasteiger partial charge in [-0.2, -0.15) is 0 Å². The Kier molecular flexibility index (Phi) is 8.91. The number of carbonyl (C=O) groups is 3. The summed E-state index contributed by atoms with van der Waals surface area (Å²) < 4.78 is 24.1. The third-order valence-corrected chi connectivity index (χ3v) is 6.91. The van der Waals surface area contributed by atoms with Crippen LogP contribution in [0.5, 0.6) is 0 Å². The summed E-state index contributed by atoms with van der Waals surface area (Å²) in [5.41, 5.74) is -0.412. The van der Waals surface area contributed by atoms with Gasteiger partial charge in [0.2, 0.25) is 0 Å². The van der Waals surface area contributed by atoms with Crippen LogP contribution in [0.25, 0.3) is 0 Å². The number of pyridine rings is 1. The third-order valence-electron chi connectivity index (χ3n) is 6.91. The van der Waals surface area contributed by atoms with E-state index in [0.717, 1.165) is 16.8 Å². The zero-order chi connectivity index (χ0) is 31.2. The standard InChI is InChI=1S/C32H26N2O10/c1-20-17-26(35)33(18-24(20)34(39)40)29-28(44-32(38)23-15-9-4-10-16-23)27(43-31(37)22-13-7-3-8-14-22)25(42-29)19-41-30(36)21-11-5-2-6-12-21/h2-18,25,27-29H,19H2,1H3/t25-,27-,28-,29-/m1/s1. The summed E-state index contributed by atoms with van der Waals surface area (Å²) >= 11 is 0. The van der Waals surface area contributed by atoms with Crippen LogP contribution in [0.3, 0.4) is 0 Å². The molecule has 4 atom stereocenters. The van der Waals surface area contributed by atoms with Crippen LogP contribution < -0.4 is 5.56 Å². The molecule has 0 radical (unpaired) electrons. The Morgan fingerprint density at radius 2 is 1.27 bits per heavy atom. The Hall–Kier alpha value is -5.62. The summed E-state index contributed by atoms with van der Waals surface area (Å²) in [5, 5.41) is 11.7. The molecule has 0 unspecified atom stereocenters. The first-order valence-electron chi connectivity index (χ1n) is 13.5. The minimum Gasteiger partial charge on any atom is -0.459 e. The summed E-state index contributed by atoms with van der Waals surface area (Å²) in [6, 6.07) is 25.1. The first kappa shape index (κ1) is 29.9. The van der Waals surface area contributed by atoms with Crippen LogP contribution in [-0.4, -0.2) is 52.3 Å². The van der Waals surface area contributed by atoms with E-state index in [2.05, 4.69) is 0 Å². The van der Waals surface area contributed by atoms with Crippen LogP contribution in [0.1, 0.15) is 42.9 Å². The molecule has 1 fully saturated rings. The summed E-state index contributed by atoms with van der Waals surface area (Å²) in [4.78, 5) is 63.4. The summed E-state index contributed by atoms with van der Waals surface area (Å²) in [7, 11) is 0. The van der Waals surface area contributed by atoms with Gasteiger partial charge in [0.1, 0.15) is 12.7 Å². The number of nitro groups is 1. The molecule has 0 saturated carbocycles. The molecule has 0 aliphatic carbocycles. The minimum atomic E-state index is -1.50. The van der Waals surface area contributed by atoms with Crippen molar-refractivity contribution in [2.75, 3.05) is 6.61 Å². The lowest BCUT2D eigenvalue weighted by molar-refractivity contribution is -0.386. The maximum Gasteiger partial charge on any atom is 0.338 e. The van der Waals surface area contributed by atoms with E-state index in [1.54, 1.807) is 66.7 Å². The van der Waals surface area contributed by atoms with Gasteiger partial charge < -0.3 is 18.9 Å². The highest BCUT2D eigenvalue weighted by Gasteiger charge is 2.52. The highest BCUT2D eigenvalue weighted by molar-refractivity contribution is 5.91. The quantitative estimate of drug-likeness (QED) is 0.118. The monoisotopic (exact) mass is 598 g/mol. The summed E-state index contributed by atoms with van der Waals surface area (Å²) in [5.74, 6) is -2.34. The number of rotatable bonds is 9. The van der Waals surface area contributed by atoms with Crippen LogP contribution in [0.15, 0.2) is 108 Å². The van der Waals surface area contributed by atoms with Crippen LogP contribution in [0.2, 0.25) is 0 Å². The average Bonchev–Trinajstić information content (AvgIpc) is 3.36. The Labute approximate surface area is 250 Å². The first-order valence-corrected chi connectivity index (χ1v) is 13.5. The van der Waals surface area contributed by atoms with Gasteiger partial charge in [0.05, 0.1) is 27.8 Å². The topological polar surface area (TPSA) is 153 Å². The average molecular weight is 599 g/mol. The van der Waals surface area contributed by atoms with E-state index in [-0.39, 0.29) is 22.3 Å². The molecule has 0 amide bonds. The molecule has 3 aromatic carbocycles. The molecule has 12 heteroatoms. The van der Waals surface area contributed by atoms with Crippen LogP contribution in [0.4, 0.5) is 5.69 Å². The molecule has 1 aromatic heterocycles. The second kappa shape index (κ2) is 13.1. The van der Waals surface area contributed by atoms with Crippen molar-refractivity contribution in [3.8, 4) is 0 Å². The second-order valence-electron chi connectivity index (χ2n) is 9.85. The maximum absolute atomic E-state index is 13.3. The number of hydrogen-bond donors (Lipinski definition) is 0. The lowest BCUT2D eigenvalue weighted by Crippen LogP contribution is -2.42. The molecule has 224 valence electrons. The molecule has 1 saturated heterocycles. The van der Waals surface area contributed by atoms with Crippen molar-refractivity contribution in [2.45, 2.75) is 31.5 Å². The van der Waals surface area contributed by atoms with E-state index in [1.165, 1.54) is 31.2 Å². The number of aryl methyl sites for hydroxylation is 1. The lowest BCUT2D eigenvalue weighted by atomic mass is 10.1. The van der Waals surface area contributed by atoms with Crippen molar-refractivity contribution in [2.24, 2.45) is 0 Å². The Morgan fingerprint density at radius 1 is 0.795 bits per heavy atom. The Bertz CT molecular complexity index is 1720. The van der Waals surface area contributed by atoms with E-state index < -0.39 is 65.2 Å². The number of ether oxygens (including phenoxy) is 4. The van der Waals surface area contributed by atoms with E-state index in [9.17, 15) is 29.3 Å². The molecule has 44 heavy (non-hydrogen) atoms. The van der Waals surface area contributed by atoms with Crippen LogP contribution in [-0.2, 0) is 18.9 Å². The normalized spacial score (nSPS) is 19.1. The summed E-state index contributed by atoms with van der Waals surface area (Å²) in [6.45, 7) is 0.932. The molecular weight excluding hydrogens is 572 g/mol. The highest BCUT2D eigenvalue weighted by atomic mass is 16.7. The van der Waals surface area contributed by atoms with E-state index in [4.69, 9.17) is 18.9 Å². The smallest absolute Gasteiger partial charge is 0.338 e. The van der Waals surface area contributed by atoms with Gasteiger partial charge in [-0.15, -0.1) is 0 Å². The first-order chi connectivity index (χ1) is 21.2. The van der Waals surface area contributed by atoms with E-state index in [0.29, 0.717) is 0 Å². The molecule has 0 spiro atoms. The zero-order valence-electron chi connectivity index (χ0n) is 23.3. The Morgan fingerprint density at radius 3 is 1.77 bits per heavy atom. The van der Waals surface area contributed by atoms with Crippen molar-refractivity contribution in [3.63, 3.8) is 0 Å². The molecular formula is C32H26N2O10. The largest absolute Gasteiger partial charge is 0.459 e. The van der Waals surface area contributed by atoms with Crippen LogP contribution >= 0.6 is 0 Å². The van der Waals surface area contributed by atoms with E-state index in [1.807, 2.05) is 0 Å². The SMILES string of the molecule is Cc1cc(=O)n([C@@H]2O[C@H](COC(=O)c3ccccc3)[C@@H](OC(=O)c3ccccc3)[C@H]2OC(=O)c2ccccc2)cc1[N+](=O)[O-]. The molecule has 0 N–H and O–H groups in total. The molecule has 2 heterocycles. The fourth-order valence-electron chi connectivity index (χ4n) is 4.70. The lowest BCUT2D eigenvalue weighted by Gasteiger charge is -2.25. The fourth-order valence-corrected chi connectivity index (χ4v) is 4.70. The van der Waals surface area contributed by atoms with Gasteiger partial charge in [0.15, 0.2) is 18.4 Å². The molecule has 1 aliphatic heterocycles. The number of esters is 3. The van der Waals surface area contributed by atoms with Gasteiger partial charge in [0, 0.05) is 11.6 Å². The van der Waals surface area contributed by atoms with Crippen molar-refractivity contribution < 1.29 is 38.3 Å². The molecule has 4 aromatic rings. The van der Waals surface area contributed by atoms with Gasteiger partial charge in [-0.3, -0.25) is 19.5 Å². The van der Waals surface area contributed by atoms with E-state index >= 15 is 0 Å². The number of nitrogens with zero attached hydrogens (tertiary/aromatic N) is 2. The predicted molar refractivity (Wildman–Crippen MR) is 154 cm³/mol. The van der Waals surface area contributed by atoms with Gasteiger partial charge in [-0.05, 0) is 43.3 Å². The number of benzene rings is 3. The summed E-state index contributed by atoms with van der Waals surface area (Å²) in [6.07, 6.45) is -4.67. The number of hydrogen-bond acceptors (Lipinski definition) is 10. The van der Waals surface area contributed by atoms with Gasteiger partial charge in [-0.25, -0.2) is 14.4 Å². The van der Waals surface area contributed by atoms with Gasteiger partial charge >= 0.3 is 17.9 Å². The number of aromatic nitrogens is 1. The van der Waals surface area contributed by atoms with Crippen molar-refractivity contribution >= 4 is 23.6 Å². The zero-order valence-corrected chi connectivity index (χ0v) is 23.3. The molecule has 1 aliphatic rings. The fraction of sp³-hybridized carbons (Fsp3) is 0.188. The third kappa shape index (κ3) is 6.55. The van der Waals surface area contributed by atoms with Crippen molar-refractivity contribution in [1.82, 2.24) is 4.57 Å². The Balaban J connectivity index is 1.55. The van der Waals surface area contributed by atoms with Crippen molar-refractivity contribution in [1.29, 1.82) is 0 Å². The van der Waals surface area contributed by atoms with Crippen molar-refractivity contribution in [3.05, 3.63) is 146 Å². The van der Waals surface area contributed by atoms with Gasteiger partial charge in [0.25, 0.3) is 11.2 Å². The molecule has 12 nitrogen and oxygen atoms in total.